The fraction of sp³-hybridized carbons (Fsp3) is 0.333. The molecular formula is C21H22N2O7S. The minimum Gasteiger partial charge on any atom is -0.480 e. The van der Waals surface area contributed by atoms with Crippen LogP contribution in [-0.2, 0) is 19.6 Å². The first-order valence-corrected chi connectivity index (χ1v) is 11.3. The lowest BCUT2D eigenvalue weighted by Gasteiger charge is -2.26. The molecule has 1 saturated heterocycles. The number of nitrogens with one attached hydrogen (secondary N) is 1. The SMILES string of the molecule is CC(C)[C@H](NS(=O)(=O)c1ccc2c(c1)oc1ccc(N3CCCOC3=O)cc12)C(=O)O. The number of benzene rings is 2. The lowest BCUT2D eigenvalue weighted by Crippen LogP contribution is -2.44. The molecule has 1 atom stereocenters. The fourth-order valence-electron chi connectivity index (χ4n) is 3.57. The molecule has 164 valence electrons. The third kappa shape index (κ3) is 3.96. The molecule has 31 heavy (non-hydrogen) atoms. The van der Waals surface area contributed by atoms with Gasteiger partial charge in [-0.2, -0.15) is 4.72 Å². The van der Waals surface area contributed by atoms with Gasteiger partial charge in [-0.05, 0) is 42.7 Å². The summed E-state index contributed by atoms with van der Waals surface area (Å²) in [5, 5.41) is 10.7. The second kappa shape index (κ2) is 7.86. The number of anilines is 1. The van der Waals surface area contributed by atoms with E-state index < -0.39 is 34.0 Å². The van der Waals surface area contributed by atoms with Gasteiger partial charge in [0.2, 0.25) is 10.0 Å². The highest BCUT2D eigenvalue weighted by molar-refractivity contribution is 7.89. The average molecular weight is 446 g/mol. The molecule has 0 saturated carbocycles. The standard InChI is InChI=1S/C21H22N2O7S/c1-12(2)19(20(24)25)22-31(27,28)14-5-6-15-16-10-13(23-8-3-9-29-21(23)26)4-7-17(16)30-18(15)11-14/h4-7,10-12,19,22H,3,8-9H2,1-2H3,(H,24,25)/t19-/m0/s1. The Balaban J connectivity index is 1.72. The maximum absolute atomic E-state index is 12.7. The number of cyclic esters (lactones) is 1. The summed E-state index contributed by atoms with van der Waals surface area (Å²) >= 11 is 0. The predicted molar refractivity (Wildman–Crippen MR) is 114 cm³/mol. The molecule has 1 amide bonds. The molecule has 3 aromatic rings. The Morgan fingerprint density at radius 2 is 1.90 bits per heavy atom. The van der Waals surface area contributed by atoms with Gasteiger partial charge in [-0.15, -0.1) is 0 Å². The number of fused-ring (bicyclic) bond motifs is 3. The molecule has 0 radical (unpaired) electrons. The van der Waals surface area contributed by atoms with Gasteiger partial charge in [-0.1, -0.05) is 13.8 Å². The molecule has 10 heteroatoms. The van der Waals surface area contributed by atoms with Gasteiger partial charge in [0.25, 0.3) is 0 Å². The number of ether oxygens (including phenoxy) is 1. The number of sulfonamides is 1. The average Bonchev–Trinajstić information content (AvgIpc) is 3.09. The molecule has 0 bridgehead atoms. The van der Waals surface area contributed by atoms with Gasteiger partial charge in [0.1, 0.15) is 17.2 Å². The summed E-state index contributed by atoms with van der Waals surface area (Å²) in [6.07, 6.45) is 0.327. The number of carbonyl (C=O) groups excluding carboxylic acids is 1. The second-order valence-corrected chi connectivity index (χ2v) is 9.46. The fourth-order valence-corrected chi connectivity index (χ4v) is 4.93. The number of hydrogen-bond acceptors (Lipinski definition) is 6. The zero-order chi connectivity index (χ0) is 22.3. The lowest BCUT2D eigenvalue weighted by atomic mass is 10.1. The van der Waals surface area contributed by atoms with Gasteiger partial charge in [-0.3, -0.25) is 9.69 Å². The van der Waals surface area contributed by atoms with Gasteiger partial charge in [-0.25, -0.2) is 13.2 Å². The number of furan rings is 1. The molecule has 1 aliphatic rings. The van der Waals surface area contributed by atoms with E-state index in [0.29, 0.717) is 35.4 Å². The van der Waals surface area contributed by atoms with E-state index in [1.165, 1.54) is 12.1 Å². The summed E-state index contributed by atoms with van der Waals surface area (Å²) in [7, 11) is -4.07. The Morgan fingerprint density at radius 1 is 1.13 bits per heavy atom. The van der Waals surface area contributed by atoms with Crippen molar-refractivity contribution in [2.45, 2.75) is 31.2 Å². The van der Waals surface area contributed by atoms with Crippen LogP contribution in [0.5, 0.6) is 0 Å². The highest BCUT2D eigenvalue weighted by Crippen LogP contribution is 2.33. The molecule has 9 nitrogen and oxygen atoms in total. The molecule has 1 fully saturated rings. The Labute approximate surface area is 178 Å². The number of aliphatic carboxylic acids is 1. The first-order chi connectivity index (χ1) is 14.7. The number of nitrogens with zero attached hydrogens (tertiary/aromatic N) is 1. The van der Waals surface area contributed by atoms with Crippen molar-refractivity contribution in [2.75, 3.05) is 18.1 Å². The van der Waals surface area contributed by atoms with Crippen molar-refractivity contribution in [2.24, 2.45) is 5.92 Å². The Hall–Kier alpha value is -3.11. The zero-order valence-electron chi connectivity index (χ0n) is 17.0. The number of carboxylic acid groups (broad SMARTS) is 1. The molecule has 1 aromatic heterocycles. The molecule has 4 rings (SSSR count). The van der Waals surface area contributed by atoms with Crippen LogP contribution in [0.25, 0.3) is 21.9 Å². The summed E-state index contributed by atoms with van der Waals surface area (Å²) in [5.41, 5.74) is 1.55. The predicted octanol–water partition coefficient (Wildman–Crippen LogP) is 3.32. The monoisotopic (exact) mass is 446 g/mol. The lowest BCUT2D eigenvalue weighted by molar-refractivity contribution is -0.140. The number of carbonyl (C=O) groups is 2. The van der Waals surface area contributed by atoms with Crippen molar-refractivity contribution in [3.8, 4) is 0 Å². The van der Waals surface area contributed by atoms with Gasteiger partial charge in [0.05, 0.1) is 11.5 Å². The van der Waals surface area contributed by atoms with E-state index in [9.17, 15) is 23.1 Å². The smallest absolute Gasteiger partial charge is 0.414 e. The van der Waals surface area contributed by atoms with Crippen LogP contribution in [0, 0.1) is 5.92 Å². The first-order valence-electron chi connectivity index (χ1n) is 9.83. The van der Waals surface area contributed by atoms with Crippen LogP contribution in [0.15, 0.2) is 45.7 Å². The van der Waals surface area contributed by atoms with Crippen LogP contribution < -0.4 is 9.62 Å². The molecular weight excluding hydrogens is 424 g/mol. The minimum absolute atomic E-state index is 0.0919. The maximum atomic E-state index is 12.7. The number of amides is 1. The maximum Gasteiger partial charge on any atom is 0.414 e. The summed E-state index contributed by atoms with van der Waals surface area (Å²) in [6, 6.07) is 8.41. The first kappa shape index (κ1) is 21.1. The third-order valence-corrected chi connectivity index (χ3v) is 6.67. The number of hydrogen-bond donors (Lipinski definition) is 2. The van der Waals surface area contributed by atoms with Crippen LogP contribution in [0.1, 0.15) is 20.3 Å². The van der Waals surface area contributed by atoms with Gasteiger partial charge < -0.3 is 14.3 Å². The molecule has 0 aliphatic carbocycles. The topological polar surface area (TPSA) is 126 Å². The zero-order valence-corrected chi connectivity index (χ0v) is 17.8. The van der Waals surface area contributed by atoms with E-state index in [0.717, 1.165) is 11.8 Å². The quantitative estimate of drug-likeness (QED) is 0.595. The van der Waals surface area contributed by atoms with Crippen molar-refractivity contribution in [3.05, 3.63) is 36.4 Å². The van der Waals surface area contributed by atoms with E-state index in [-0.39, 0.29) is 4.90 Å². The van der Waals surface area contributed by atoms with E-state index in [1.54, 1.807) is 43.0 Å². The van der Waals surface area contributed by atoms with Gasteiger partial charge in [0.15, 0.2) is 0 Å². The van der Waals surface area contributed by atoms with E-state index in [2.05, 4.69) is 4.72 Å². The summed E-state index contributed by atoms with van der Waals surface area (Å²) in [5.74, 6) is -1.67. The van der Waals surface area contributed by atoms with E-state index >= 15 is 0 Å². The minimum atomic E-state index is -4.07. The van der Waals surface area contributed by atoms with Crippen LogP contribution in [-0.4, -0.2) is 44.8 Å². The molecule has 2 aromatic carbocycles. The highest BCUT2D eigenvalue weighted by atomic mass is 32.2. The van der Waals surface area contributed by atoms with Crippen LogP contribution in [0.4, 0.5) is 10.5 Å². The van der Waals surface area contributed by atoms with Crippen LogP contribution in [0.2, 0.25) is 0 Å². The van der Waals surface area contributed by atoms with Crippen LogP contribution >= 0.6 is 0 Å². The molecule has 0 spiro atoms. The molecule has 2 N–H and O–H groups in total. The Bertz CT molecular complexity index is 1280. The van der Waals surface area contributed by atoms with Crippen molar-refractivity contribution < 1.29 is 32.3 Å². The van der Waals surface area contributed by atoms with Crippen molar-refractivity contribution in [3.63, 3.8) is 0 Å². The number of carboxylic acids is 1. The highest BCUT2D eigenvalue weighted by Gasteiger charge is 2.28. The third-order valence-electron chi connectivity index (χ3n) is 5.24. The van der Waals surface area contributed by atoms with E-state index in [1.807, 2.05) is 0 Å². The van der Waals surface area contributed by atoms with Crippen molar-refractivity contribution >= 4 is 49.7 Å². The summed E-state index contributed by atoms with van der Waals surface area (Å²) < 4.78 is 38.6. The largest absolute Gasteiger partial charge is 0.480 e. The summed E-state index contributed by atoms with van der Waals surface area (Å²) in [6.45, 7) is 4.20. The number of rotatable bonds is 6. The van der Waals surface area contributed by atoms with Crippen LogP contribution in [0.3, 0.4) is 0 Å². The van der Waals surface area contributed by atoms with Crippen molar-refractivity contribution in [1.29, 1.82) is 0 Å². The molecule has 0 unspecified atom stereocenters. The Morgan fingerprint density at radius 3 is 2.58 bits per heavy atom. The normalized spacial score (nSPS) is 16.1. The molecule has 1 aliphatic heterocycles. The van der Waals surface area contributed by atoms with Crippen molar-refractivity contribution in [1.82, 2.24) is 4.72 Å². The second-order valence-electron chi connectivity index (χ2n) is 7.74. The Kier molecular flexibility index (Phi) is 5.36. The summed E-state index contributed by atoms with van der Waals surface area (Å²) in [4.78, 5) is 24.9. The van der Waals surface area contributed by atoms with Gasteiger partial charge >= 0.3 is 12.1 Å². The molecule has 2 heterocycles. The van der Waals surface area contributed by atoms with Gasteiger partial charge in [0, 0.05) is 29.1 Å². The van der Waals surface area contributed by atoms with E-state index in [4.69, 9.17) is 9.15 Å².